The summed E-state index contributed by atoms with van der Waals surface area (Å²) < 4.78 is 21.4. The molecule has 1 heterocycles. The summed E-state index contributed by atoms with van der Waals surface area (Å²) in [5.41, 5.74) is 0.468. The molecule has 30 heavy (non-hydrogen) atoms. The lowest BCUT2D eigenvalue weighted by Crippen LogP contribution is -2.36. The number of anilines is 1. The predicted octanol–water partition coefficient (Wildman–Crippen LogP) is 3.07. The highest BCUT2D eigenvalue weighted by atomic mass is 16.6. The number of benzene rings is 2. The summed E-state index contributed by atoms with van der Waals surface area (Å²) in [5, 5.41) is 11.5. The van der Waals surface area contributed by atoms with Crippen LogP contribution in [0.5, 0.6) is 11.5 Å². The maximum Gasteiger partial charge on any atom is 0.338 e. The summed E-state index contributed by atoms with van der Waals surface area (Å²) in [6.07, 6.45) is 0. The Kier molecular flexibility index (Phi) is 7.45. The zero-order chi connectivity index (χ0) is 21.3. The van der Waals surface area contributed by atoms with Crippen molar-refractivity contribution in [1.29, 1.82) is 0 Å². The number of morpholine rings is 1. The molecule has 2 aromatic carbocycles. The van der Waals surface area contributed by atoms with E-state index in [4.69, 9.17) is 18.9 Å². The first-order chi connectivity index (χ1) is 14.6. The van der Waals surface area contributed by atoms with Gasteiger partial charge in [-0.1, -0.05) is 0 Å². The SMILES string of the molecule is CCOc1ccc(OCCOC(=O)c2ccc(N3CCOCC3)c([N+](=O)[O-])c2)cc1. The number of carbonyl (C=O) groups excluding carboxylic acids is 1. The average Bonchev–Trinajstić information content (AvgIpc) is 2.78. The second-order valence-corrected chi connectivity index (χ2v) is 6.45. The topological polar surface area (TPSA) is 100 Å². The van der Waals surface area contributed by atoms with E-state index in [2.05, 4.69) is 0 Å². The number of esters is 1. The number of nitro groups is 1. The van der Waals surface area contributed by atoms with Crippen molar-refractivity contribution in [2.45, 2.75) is 6.92 Å². The highest BCUT2D eigenvalue weighted by molar-refractivity contribution is 5.91. The molecule has 1 saturated heterocycles. The van der Waals surface area contributed by atoms with E-state index >= 15 is 0 Å². The summed E-state index contributed by atoms with van der Waals surface area (Å²) in [5.74, 6) is 0.736. The molecule has 2 aromatic rings. The minimum absolute atomic E-state index is 0.0189. The number of nitro benzene ring substituents is 1. The van der Waals surface area contributed by atoms with E-state index in [1.807, 2.05) is 11.8 Å². The number of hydrogen-bond acceptors (Lipinski definition) is 8. The first-order valence-electron chi connectivity index (χ1n) is 9.72. The van der Waals surface area contributed by atoms with Crippen LogP contribution < -0.4 is 14.4 Å². The van der Waals surface area contributed by atoms with Gasteiger partial charge in [-0.3, -0.25) is 10.1 Å². The van der Waals surface area contributed by atoms with Gasteiger partial charge in [0.1, 0.15) is 30.4 Å². The Hall–Kier alpha value is -3.33. The third kappa shape index (κ3) is 5.60. The van der Waals surface area contributed by atoms with E-state index in [9.17, 15) is 14.9 Å². The first kappa shape index (κ1) is 21.4. The molecule has 3 rings (SSSR count). The molecule has 1 aliphatic rings. The zero-order valence-corrected chi connectivity index (χ0v) is 16.7. The van der Waals surface area contributed by atoms with E-state index < -0.39 is 10.9 Å². The number of rotatable bonds is 9. The van der Waals surface area contributed by atoms with Crippen LogP contribution in [0.4, 0.5) is 11.4 Å². The molecule has 160 valence electrons. The van der Waals surface area contributed by atoms with Crippen LogP contribution in [-0.2, 0) is 9.47 Å². The molecule has 0 unspecified atom stereocenters. The maximum absolute atomic E-state index is 12.3. The third-order valence-corrected chi connectivity index (χ3v) is 4.48. The highest BCUT2D eigenvalue weighted by Gasteiger charge is 2.23. The molecule has 0 spiro atoms. The molecule has 0 N–H and O–H groups in total. The Morgan fingerprint density at radius 1 is 1.07 bits per heavy atom. The van der Waals surface area contributed by atoms with Crippen LogP contribution in [0.25, 0.3) is 0 Å². The number of hydrogen-bond donors (Lipinski definition) is 0. The molecule has 0 aromatic heterocycles. The van der Waals surface area contributed by atoms with Crippen molar-refractivity contribution in [2.24, 2.45) is 0 Å². The van der Waals surface area contributed by atoms with Gasteiger partial charge in [-0.2, -0.15) is 0 Å². The van der Waals surface area contributed by atoms with E-state index in [0.29, 0.717) is 44.3 Å². The van der Waals surface area contributed by atoms with E-state index in [1.165, 1.54) is 12.1 Å². The first-order valence-corrected chi connectivity index (χ1v) is 9.72. The molecule has 0 radical (unpaired) electrons. The second-order valence-electron chi connectivity index (χ2n) is 6.45. The number of carbonyl (C=O) groups is 1. The Balaban J connectivity index is 1.54. The highest BCUT2D eigenvalue weighted by Crippen LogP contribution is 2.30. The monoisotopic (exact) mass is 416 g/mol. The van der Waals surface area contributed by atoms with Gasteiger partial charge in [-0.25, -0.2) is 4.79 Å². The van der Waals surface area contributed by atoms with Gasteiger partial charge in [-0.15, -0.1) is 0 Å². The summed E-state index contributed by atoms with van der Waals surface area (Å²) in [7, 11) is 0. The molecule has 1 fully saturated rings. The fourth-order valence-electron chi connectivity index (χ4n) is 3.04. The summed E-state index contributed by atoms with van der Waals surface area (Å²) in [4.78, 5) is 25.2. The van der Waals surface area contributed by atoms with Gasteiger partial charge in [0.2, 0.25) is 0 Å². The molecular weight excluding hydrogens is 392 g/mol. The molecule has 9 nitrogen and oxygen atoms in total. The Labute approximate surface area is 174 Å². The zero-order valence-electron chi connectivity index (χ0n) is 16.7. The quantitative estimate of drug-likeness (QED) is 0.266. The molecule has 9 heteroatoms. The number of ether oxygens (including phenoxy) is 4. The van der Waals surface area contributed by atoms with Crippen molar-refractivity contribution in [3.8, 4) is 11.5 Å². The van der Waals surface area contributed by atoms with Gasteiger partial charge in [0.05, 0.1) is 30.3 Å². The van der Waals surface area contributed by atoms with Crippen molar-refractivity contribution in [2.75, 3.05) is 51.0 Å². The Morgan fingerprint density at radius 3 is 2.37 bits per heavy atom. The van der Waals surface area contributed by atoms with Crippen molar-refractivity contribution >= 4 is 17.3 Å². The molecular formula is C21H24N2O7. The van der Waals surface area contributed by atoms with Crippen LogP contribution in [0, 0.1) is 10.1 Å². The van der Waals surface area contributed by atoms with Crippen LogP contribution >= 0.6 is 0 Å². The molecule has 1 aliphatic heterocycles. The minimum Gasteiger partial charge on any atom is -0.494 e. The van der Waals surface area contributed by atoms with Gasteiger partial charge in [-0.05, 0) is 43.3 Å². The van der Waals surface area contributed by atoms with Gasteiger partial charge in [0.25, 0.3) is 5.69 Å². The smallest absolute Gasteiger partial charge is 0.338 e. The van der Waals surface area contributed by atoms with Crippen molar-refractivity contribution < 1.29 is 28.7 Å². The lowest BCUT2D eigenvalue weighted by atomic mass is 10.1. The molecule has 0 amide bonds. The van der Waals surface area contributed by atoms with Crippen LogP contribution in [0.15, 0.2) is 42.5 Å². The van der Waals surface area contributed by atoms with Crippen LogP contribution in [0.1, 0.15) is 17.3 Å². The van der Waals surface area contributed by atoms with Gasteiger partial charge >= 0.3 is 5.97 Å². The van der Waals surface area contributed by atoms with Gasteiger partial charge in [0, 0.05) is 19.2 Å². The molecule has 0 saturated carbocycles. The minimum atomic E-state index is -0.637. The summed E-state index contributed by atoms with van der Waals surface area (Å²) >= 11 is 0. The normalized spacial score (nSPS) is 13.6. The Bertz CT molecular complexity index is 864. The summed E-state index contributed by atoms with van der Waals surface area (Å²) in [6, 6.07) is 11.5. The average molecular weight is 416 g/mol. The Morgan fingerprint density at radius 2 is 1.73 bits per heavy atom. The van der Waals surface area contributed by atoms with Crippen molar-refractivity contribution in [3.63, 3.8) is 0 Å². The fourth-order valence-corrected chi connectivity index (χ4v) is 3.04. The van der Waals surface area contributed by atoms with E-state index in [-0.39, 0.29) is 24.5 Å². The third-order valence-electron chi connectivity index (χ3n) is 4.48. The van der Waals surface area contributed by atoms with E-state index in [1.54, 1.807) is 30.3 Å². The van der Waals surface area contributed by atoms with Crippen LogP contribution in [0.2, 0.25) is 0 Å². The van der Waals surface area contributed by atoms with E-state index in [0.717, 1.165) is 5.75 Å². The van der Waals surface area contributed by atoms with Crippen LogP contribution in [0.3, 0.4) is 0 Å². The lowest BCUT2D eigenvalue weighted by molar-refractivity contribution is -0.384. The van der Waals surface area contributed by atoms with Crippen LogP contribution in [-0.4, -0.2) is 57.0 Å². The maximum atomic E-state index is 12.3. The number of nitrogens with zero attached hydrogens (tertiary/aromatic N) is 2. The lowest BCUT2D eigenvalue weighted by Gasteiger charge is -2.28. The molecule has 0 atom stereocenters. The largest absolute Gasteiger partial charge is 0.494 e. The second kappa shape index (κ2) is 10.4. The fraction of sp³-hybridized carbons (Fsp3) is 0.381. The van der Waals surface area contributed by atoms with Gasteiger partial charge in [0.15, 0.2) is 0 Å². The molecule has 0 aliphatic carbocycles. The molecule has 0 bridgehead atoms. The van der Waals surface area contributed by atoms with Crippen molar-refractivity contribution in [1.82, 2.24) is 0 Å². The van der Waals surface area contributed by atoms with Gasteiger partial charge < -0.3 is 23.8 Å². The van der Waals surface area contributed by atoms with Crippen molar-refractivity contribution in [3.05, 3.63) is 58.1 Å². The standard InChI is InChI=1S/C21H24N2O7/c1-2-28-17-4-6-18(7-5-17)29-13-14-30-21(24)16-3-8-19(20(15-16)23(25)26)22-9-11-27-12-10-22/h3-8,15H,2,9-14H2,1H3. The predicted molar refractivity (Wildman–Crippen MR) is 110 cm³/mol. The summed E-state index contributed by atoms with van der Waals surface area (Å²) in [6.45, 7) is 4.82.